The van der Waals surface area contributed by atoms with Crippen molar-refractivity contribution in [2.45, 2.75) is 31.9 Å². The summed E-state index contributed by atoms with van der Waals surface area (Å²) in [5.41, 5.74) is 0.505. The van der Waals surface area contributed by atoms with Crippen molar-refractivity contribution < 1.29 is 19.4 Å². The highest BCUT2D eigenvalue weighted by Gasteiger charge is 2.51. The molecule has 0 radical (unpaired) electrons. The molecule has 2 aliphatic heterocycles. The van der Waals surface area contributed by atoms with Crippen molar-refractivity contribution in [3.63, 3.8) is 0 Å². The van der Waals surface area contributed by atoms with E-state index in [2.05, 4.69) is 6.07 Å². The quantitative estimate of drug-likeness (QED) is 0.733. The van der Waals surface area contributed by atoms with Gasteiger partial charge in [0.25, 0.3) is 0 Å². The van der Waals surface area contributed by atoms with E-state index in [1.807, 2.05) is 38.1 Å². The minimum absolute atomic E-state index is 0.125. The summed E-state index contributed by atoms with van der Waals surface area (Å²) in [5, 5.41) is 22.0. The molecule has 0 spiro atoms. The van der Waals surface area contributed by atoms with Gasteiger partial charge in [0.05, 0.1) is 35.6 Å². The number of fused-ring (bicyclic) bond motifs is 1. The van der Waals surface area contributed by atoms with Gasteiger partial charge in [0.1, 0.15) is 11.5 Å². The molecule has 1 N–H and O–H groups in total. The molecule has 160 valence electrons. The average Bonchev–Trinajstić information content (AvgIpc) is 3.14. The molecule has 2 aromatic rings. The van der Waals surface area contributed by atoms with Gasteiger partial charge in [0, 0.05) is 17.9 Å². The number of hydrogen-bond donors (Lipinski definition) is 1. The molecule has 7 heteroatoms. The van der Waals surface area contributed by atoms with Crippen LogP contribution in [0.1, 0.15) is 37.3 Å². The molecule has 0 bridgehead atoms. The smallest absolute Gasteiger partial charge is 0.231 e. The molecule has 0 saturated carbocycles. The zero-order valence-corrected chi connectivity index (χ0v) is 18.3. The van der Waals surface area contributed by atoms with Gasteiger partial charge >= 0.3 is 0 Å². The average molecular weight is 437 g/mol. The molecule has 2 aromatic carbocycles. The third-order valence-corrected chi connectivity index (χ3v) is 6.75. The Hall–Kier alpha value is -2.95. The monoisotopic (exact) mass is 436 g/mol. The molecule has 2 aliphatic rings. The number of thioether (sulfide) groups is 1. The Morgan fingerprint density at radius 2 is 1.68 bits per heavy atom. The van der Waals surface area contributed by atoms with E-state index in [9.17, 15) is 15.2 Å². The van der Waals surface area contributed by atoms with E-state index < -0.39 is 5.72 Å². The number of allylic oxidation sites excluding steroid dienone is 1. The number of carbonyl (C=O) groups is 1. The lowest BCUT2D eigenvalue weighted by molar-refractivity contribution is -0.149. The molecule has 1 saturated heterocycles. The highest BCUT2D eigenvalue weighted by molar-refractivity contribution is 8.03. The van der Waals surface area contributed by atoms with Crippen LogP contribution in [-0.2, 0) is 10.5 Å². The molecular formula is C24H24N2O4S. The van der Waals surface area contributed by atoms with Crippen molar-refractivity contribution in [3.8, 4) is 17.6 Å². The predicted octanol–water partition coefficient (Wildman–Crippen LogP) is 4.13. The number of nitriles is 1. The number of carbonyl (C=O) groups excluding carboxylic acids is 1. The lowest BCUT2D eigenvalue weighted by Crippen LogP contribution is -2.48. The first-order valence-corrected chi connectivity index (χ1v) is 11.3. The SMILES string of the molecule is CCOc1ccc(C2CC(=O)N3C(=C2C#N)SCC3(O)c2ccc(OCC)cc2)cc1. The van der Waals surface area contributed by atoms with Crippen LogP contribution in [0.25, 0.3) is 0 Å². The Kier molecular flexibility index (Phi) is 5.94. The van der Waals surface area contributed by atoms with Gasteiger partial charge in [0.15, 0.2) is 5.72 Å². The van der Waals surface area contributed by atoms with E-state index in [-0.39, 0.29) is 24.0 Å². The first-order chi connectivity index (χ1) is 15.0. The number of nitrogens with zero attached hydrogens (tertiary/aromatic N) is 2. The Labute approximate surface area is 186 Å². The maximum atomic E-state index is 13.2. The lowest BCUT2D eigenvalue weighted by atomic mass is 9.85. The Balaban J connectivity index is 1.69. The summed E-state index contributed by atoms with van der Waals surface area (Å²) in [6.45, 7) is 4.95. The molecule has 0 aromatic heterocycles. The largest absolute Gasteiger partial charge is 0.494 e. The van der Waals surface area contributed by atoms with Crippen LogP contribution in [0.3, 0.4) is 0 Å². The van der Waals surface area contributed by atoms with Gasteiger partial charge in [-0.15, -0.1) is 11.8 Å². The number of aliphatic hydroxyl groups is 1. The van der Waals surface area contributed by atoms with Crippen LogP contribution in [-0.4, -0.2) is 34.9 Å². The first kappa shape index (κ1) is 21.3. The molecule has 2 heterocycles. The molecule has 1 amide bonds. The molecule has 2 unspecified atom stereocenters. The zero-order chi connectivity index (χ0) is 22.0. The fourth-order valence-electron chi connectivity index (χ4n) is 4.07. The molecule has 6 nitrogen and oxygen atoms in total. The highest BCUT2D eigenvalue weighted by atomic mass is 32.2. The van der Waals surface area contributed by atoms with Gasteiger partial charge in [-0.2, -0.15) is 5.26 Å². The molecule has 0 aliphatic carbocycles. The molecule has 31 heavy (non-hydrogen) atoms. The van der Waals surface area contributed by atoms with Crippen molar-refractivity contribution in [1.29, 1.82) is 5.26 Å². The third kappa shape index (κ3) is 3.78. The molecular weight excluding hydrogens is 412 g/mol. The van der Waals surface area contributed by atoms with E-state index in [0.29, 0.717) is 35.1 Å². The van der Waals surface area contributed by atoms with E-state index in [1.54, 1.807) is 24.3 Å². The topological polar surface area (TPSA) is 82.8 Å². The summed E-state index contributed by atoms with van der Waals surface area (Å²) in [7, 11) is 0. The van der Waals surface area contributed by atoms with Gasteiger partial charge in [-0.3, -0.25) is 9.69 Å². The zero-order valence-electron chi connectivity index (χ0n) is 17.5. The van der Waals surface area contributed by atoms with Gasteiger partial charge in [-0.1, -0.05) is 24.3 Å². The Morgan fingerprint density at radius 3 is 2.23 bits per heavy atom. The summed E-state index contributed by atoms with van der Waals surface area (Å²) < 4.78 is 11.0. The summed E-state index contributed by atoms with van der Waals surface area (Å²) in [4.78, 5) is 14.6. The van der Waals surface area contributed by atoms with Crippen LogP contribution in [0, 0.1) is 11.3 Å². The number of ether oxygens (including phenoxy) is 2. The van der Waals surface area contributed by atoms with Gasteiger partial charge < -0.3 is 14.6 Å². The van der Waals surface area contributed by atoms with Gasteiger partial charge in [-0.25, -0.2) is 0 Å². The lowest BCUT2D eigenvalue weighted by Gasteiger charge is -2.38. The summed E-state index contributed by atoms with van der Waals surface area (Å²) in [6.07, 6.45) is 0.125. The number of rotatable bonds is 6. The van der Waals surface area contributed by atoms with E-state index in [0.717, 1.165) is 11.3 Å². The summed E-state index contributed by atoms with van der Waals surface area (Å²) >= 11 is 1.34. The number of amides is 1. The van der Waals surface area contributed by atoms with E-state index >= 15 is 0 Å². The minimum atomic E-state index is -1.49. The normalized spacial score (nSPS) is 22.8. The molecule has 1 fully saturated rings. The standard InChI is InChI=1S/C24H24N2O4S/c1-3-29-18-9-5-16(6-10-18)20-13-22(27)26-23(21(20)14-25)31-15-24(26,28)17-7-11-19(12-8-17)30-4-2/h5-12,20,28H,3-4,13,15H2,1-2H3. The van der Waals surface area contributed by atoms with Crippen molar-refractivity contribution in [1.82, 2.24) is 4.90 Å². The van der Waals surface area contributed by atoms with E-state index in [4.69, 9.17) is 9.47 Å². The molecule has 2 atom stereocenters. The third-order valence-electron chi connectivity index (χ3n) is 5.53. The van der Waals surface area contributed by atoms with Crippen LogP contribution < -0.4 is 9.47 Å². The molecule has 4 rings (SSSR count). The first-order valence-electron chi connectivity index (χ1n) is 10.3. The maximum absolute atomic E-state index is 13.2. The van der Waals surface area contributed by atoms with Crippen LogP contribution in [0.4, 0.5) is 0 Å². The van der Waals surface area contributed by atoms with Crippen molar-refractivity contribution in [2.24, 2.45) is 0 Å². The van der Waals surface area contributed by atoms with Gasteiger partial charge in [0.2, 0.25) is 5.91 Å². The Morgan fingerprint density at radius 1 is 1.10 bits per heavy atom. The minimum Gasteiger partial charge on any atom is -0.494 e. The fraction of sp³-hybridized carbons (Fsp3) is 0.333. The number of hydrogen-bond acceptors (Lipinski definition) is 6. The van der Waals surface area contributed by atoms with Crippen LogP contribution in [0.15, 0.2) is 59.1 Å². The van der Waals surface area contributed by atoms with Gasteiger partial charge in [-0.05, 0) is 43.7 Å². The van der Waals surface area contributed by atoms with Crippen molar-refractivity contribution in [3.05, 3.63) is 70.3 Å². The fourth-order valence-corrected chi connectivity index (χ4v) is 5.43. The predicted molar refractivity (Wildman–Crippen MR) is 118 cm³/mol. The maximum Gasteiger partial charge on any atom is 0.231 e. The summed E-state index contributed by atoms with van der Waals surface area (Å²) in [6, 6.07) is 16.9. The highest BCUT2D eigenvalue weighted by Crippen LogP contribution is 2.51. The second kappa shape index (κ2) is 8.66. The van der Waals surface area contributed by atoms with Crippen molar-refractivity contribution >= 4 is 17.7 Å². The summed E-state index contributed by atoms with van der Waals surface area (Å²) in [5.74, 6) is 1.18. The van der Waals surface area contributed by atoms with Crippen LogP contribution >= 0.6 is 11.8 Å². The second-order valence-corrected chi connectivity index (χ2v) is 8.35. The second-order valence-electron chi connectivity index (χ2n) is 7.38. The van der Waals surface area contributed by atoms with Crippen molar-refractivity contribution in [2.75, 3.05) is 19.0 Å². The van der Waals surface area contributed by atoms with Crippen LogP contribution in [0.5, 0.6) is 11.5 Å². The van der Waals surface area contributed by atoms with E-state index in [1.165, 1.54) is 16.7 Å². The van der Waals surface area contributed by atoms with Crippen LogP contribution in [0.2, 0.25) is 0 Å². The number of benzene rings is 2. The Bertz CT molecular complexity index is 1040.